The van der Waals surface area contributed by atoms with Crippen molar-refractivity contribution < 1.29 is 4.79 Å². The van der Waals surface area contributed by atoms with Crippen LogP contribution in [0.15, 0.2) is 30.3 Å². The maximum absolute atomic E-state index is 12.6. The van der Waals surface area contributed by atoms with E-state index in [0.29, 0.717) is 26.3 Å². The molecular formula is C18H17Cl2N3OS. The van der Waals surface area contributed by atoms with Crippen LogP contribution < -0.4 is 11.1 Å². The lowest BCUT2D eigenvalue weighted by molar-refractivity contribution is 0.103. The second-order valence-corrected chi connectivity index (χ2v) is 7.47. The van der Waals surface area contributed by atoms with Crippen LogP contribution in [0.2, 0.25) is 10.0 Å². The summed E-state index contributed by atoms with van der Waals surface area (Å²) in [6, 6.07) is 8.94. The van der Waals surface area contributed by atoms with Crippen molar-refractivity contribution in [2.45, 2.75) is 26.2 Å². The van der Waals surface area contributed by atoms with Crippen molar-refractivity contribution in [1.29, 1.82) is 0 Å². The number of amides is 1. The lowest BCUT2D eigenvalue weighted by Gasteiger charge is -2.08. The number of halogens is 2. The molecule has 1 amide bonds. The molecule has 2 heterocycles. The molecule has 0 spiro atoms. The van der Waals surface area contributed by atoms with E-state index in [2.05, 4.69) is 17.2 Å². The first-order valence-electron chi connectivity index (χ1n) is 7.94. The molecule has 3 aromatic rings. The number of nitrogens with zero attached hydrogens (tertiary/aromatic N) is 1. The zero-order chi connectivity index (χ0) is 18.0. The Morgan fingerprint density at radius 3 is 2.64 bits per heavy atom. The fraction of sp³-hybridized carbons (Fsp3) is 0.222. The standard InChI is InChI=1S/C18H17Cl2N3OS/c1-2-3-5-10-8-9-11-14(21)16(25-18(11)22-10)17(24)23-15-12(19)6-4-7-13(15)20/h4,6-9H,2-3,5,21H2,1H3,(H,23,24). The highest BCUT2D eigenvalue weighted by Crippen LogP contribution is 2.35. The molecule has 0 radical (unpaired) electrons. The molecule has 7 heteroatoms. The number of anilines is 2. The Labute approximate surface area is 160 Å². The van der Waals surface area contributed by atoms with Crippen LogP contribution in [0.5, 0.6) is 0 Å². The number of benzene rings is 1. The van der Waals surface area contributed by atoms with E-state index in [-0.39, 0.29) is 5.91 Å². The summed E-state index contributed by atoms with van der Waals surface area (Å²) in [7, 11) is 0. The van der Waals surface area contributed by atoms with Crippen molar-refractivity contribution >= 4 is 62.0 Å². The van der Waals surface area contributed by atoms with E-state index in [9.17, 15) is 4.79 Å². The molecule has 0 aliphatic heterocycles. The highest BCUT2D eigenvalue weighted by atomic mass is 35.5. The average Bonchev–Trinajstić information content (AvgIpc) is 2.92. The fourth-order valence-corrected chi connectivity index (χ4v) is 3.99. The van der Waals surface area contributed by atoms with Crippen LogP contribution in [-0.2, 0) is 6.42 Å². The van der Waals surface area contributed by atoms with Gasteiger partial charge in [-0.05, 0) is 37.1 Å². The second kappa shape index (κ2) is 7.60. The van der Waals surface area contributed by atoms with Crippen LogP contribution in [0.1, 0.15) is 35.1 Å². The summed E-state index contributed by atoms with van der Waals surface area (Å²) in [5.74, 6) is -0.342. The summed E-state index contributed by atoms with van der Waals surface area (Å²) >= 11 is 13.5. The van der Waals surface area contributed by atoms with E-state index in [1.54, 1.807) is 18.2 Å². The molecule has 3 N–H and O–H groups in total. The van der Waals surface area contributed by atoms with Gasteiger partial charge < -0.3 is 11.1 Å². The first-order valence-corrected chi connectivity index (χ1v) is 9.51. The van der Waals surface area contributed by atoms with Gasteiger partial charge in [-0.15, -0.1) is 11.3 Å². The van der Waals surface area contributed by atoms with Crippen LogP contribution in [-0.4, -0.2) is 10.9 Å². The maximum Gasteiger partial charge on any atom is 0.268 e. The first-order chi connectivity index (χ1) is 12.0. The van der Waals surface area contributed by atoms with Gasteiger partial charge in [0.15, 0.2) is 0 Å². The number of para-hydroxylation sites is 1. The zero-order valence-electron chi connectivity index (χ0n) is 13.6. The monoisotopic (exact) mass is 393 g/mol. The van der Waals surface area contributed by atoms with Gasteiger partial charge in [0, 0.05) is 11.1 Å². The number of thiophene rings is 1. The Balaban J connectivity index is 1.92. The molecule has 0 aliphatic carbocycles. The van der Waals surface area contributed by atoms with Gasteiger partial charge in [0.05, 0.1) is 21.4 Å². The number of nitrogen functional groups attached to an aromatic ring is 1. The molecule has 0 aliphatic rings. The van der Waals surface area contributed by atoms with Crippen molar-refractivity contribution in [3.8, 4) is 0 Å². The minimum atomic E-state index is -0.342. The third kappa shape index (κ3) is 3.73. The number of hydrogen-bond donors (Lipinski definition) is 2. The number of carbonyl (C=O) groups excluding carboxylic acids is 1. The van der Waals surface area contributed by atoms with Crippen molar-refractivity contribution in [2.75, 3.05) is 11.1 Å². The lowest BCUT2D eigenvalue weighted by atomic mass is 10.1. The van der Waals surface area contributed by atoms with Gasteiger partial charge >= 0.3 is 0 Å². The molecule has 2 aromatic heterocycles. The first kappa shape index (κ1) is 18.0. The molecular weight excluding hydrogens is 377 g/mol. The highest BCUT2D eigenvalue weighted by Gasteiger charge is 2.19. The maximum atomic E-state index is 12.6. The van der Waals surface area contributed by atoms with Crippen molar-refractivity contribution in [1.82, 2.24) is 4.98 Å². The number of fused-ring (bicyclic) bond motifs is 1. The van der Waals surface area contributed by atoms with E-state index in [1.807, 2.05) is 12.1 Å². The molecule has 0 bridgehead atoms. The number of nitrogens with two attached hydrogens (primary N) is 1. The van der Waals surface area contributed by atoms with E-state index in [0.717, 1.165) is 35.2 Å². The van der Waals surface area contributed by atoms with Gasteiger partial charge in [-0.25, -0.2) is 4.98 Å². The van der Waals surface area contributed by atoms with Crippen molar-refractivity contribution in [3.05, 3.63) is 50.9 Å². The van der Waals surface area contributed by atoms with Gasteiger partial charge in [0.2, 0.25) is 0 Å². The summed E-state index contributed by atoms with van der Waals surface area (Å²) < 4.78 is 0. The Bertz CT molecular complexity index is 919. The Morgan fingerprint density at radius 1 is 1.24 bits per heavy atom. The number of nitrogens with one attached hydrogen (secondary N) is 1. The number of aryl methyl sites for hydroxylation is 1. The molecule has 0 atom stereocenters. The predicted molar refractivity (Wildman–Crippen MR) is 107 cm³/mol. The Kier molecular flexibility index (Phi) is 5.47. The predicted octanol–water partition coefficient (Wildman–Crippen LogP) is 5.78. The molecule has 25 heavy (non-hydrogen) atoms. The summed E-state index contributed by atoms with van der Waals surface area (Å²) in [4.78, 5) is 18.4. The van der Waals surface area contributed by atoms with Gasteiger partial charge in [-0.1, -0.05) is 42.6 Å². The lowest BCUT2D eigenvalue weighted by Crippen LogP contribution is -2.12. The molecule has 130 valence electrons. The minimum absolute atomic E-state index is 0.342. The number of unbranched alkanes of at least 4 members (excludes halogenated alkanes) is 1. The number of aromatic nitrogens is 1. The van der Waals surface area contributed by atoms with E-state index in [1.165, 1.54) is 11.3 Å². The quantitative estimate of drug-likeness (QED) is 0.576. The number of pyridine rings is 1. The third-order valence-corrected chi connectivity index (χ3v) is 5.59. The topological polar surface area (TPSA) is 68.0 Å². The van der Waals surface area contributed by atoms with E-state index in [4.69, 9.17) is 28.9 Å². The van der Waals surface area contributed by atoms with Gasteiger partial charge in [0.25, 0.3) is 5.91 Å². The van der Waals surface area contributed by atoms with Crippen LogP contribution in [0.4, 0.5) is 11.4 Å². The smallest absolute Gasteiger partial charge is 0.268 e. The largest absolute Gasteiger partial charge is 0.397 e. The van der Waals surface area contributed by atoms with E-state index < -0.39 is 0 Å². The molecule has 3 rings (SSSR count). The third-order valence-electron chi connectivity index (χ3n) is 3.85. The Hall–Kier alpha value is -1.82. The highest BCUT2D eigenvalue weighted by molar-refractivity contribution is 7.21. The van der Waals surface area contributed by atoms with Gasteiger partial charge in [-0.2, -0.15) is 0 Å². The van der Waals surface area contributed by atoms with Crippen LogP contribution >= 0.6 is 34.5 Å². The van der Waals surface area contributed by atoms with Gasteiger partial charge in [-0.3, -0.25) is 4.79 Å². The van der Waals surface area contributed by atoms with Gasteiger partial charge in [0.1, 0.15) is 9.71 Å². The molecule has 0 saturated carbocycles. The number of rotatable bonds is 5. The number of hydrogen-bond acceptors (Lipinski definition) is 4. The van der Waals surface area contributed by atoms with Crippen molar-refractivity contribution in [2.24, 2.45) is 0 Å². The Morgan fingerprint density at radius 2 is 1.96 bits per heavy atom. The minimum Gasteiger partial charge on any atom is -0.397 e. The second-order valence-electron chi connectivity index (χ2n) is 5.65. The average molecular weight is 394 g/mol. The molecule has 1 aromatic carbocycles. The normalized spacial score (nSPS) is 11.0. The van der Waals surface area contributed by atoms with Crippen LogP contribution in [0.3, 0.4) is 0 Å². The molecule has 0 unspecified atom stereocenters. The summed E-state index contributed by atoms with van der Waals surface area (Å²) in [5.41, 5.74) is 7.98. The molecule has 0 fully saturated rings. The fourth-order valence-electron chi connectivity index (χ4n) is 2.49. The molecule has 4 nitrogen and oxygen atoms in total. The summed E-state index contributed by atoms with van der Waals surface area (Å²) in [6.45, 7) is 2.14. The number of carbonyl (C=O) groups is 1. The SMILES string of the molecule is CCCCc1ccc2c(N)c(C(=O)Nc3c(Cl)cccc3Cl)sc2n1. The van der Waals surface area contributed by atoms with Crippen LogP contribution in [0.25, 0.3) is 10.2 Å². The summed E-state index contributed by atoms with van der Waals surface area (Å²) in [6.07, 6.45) is 3.11. The zero-order valence-corrected chi connectivity index (χ0v) is 15.9. The molecule has 0 saturated heterocycles. The van der Waals surface area contributed by atoms with Crippen LogP contribution in [0, 0.1) is 0 Å². The summed E-state index contributed by atoms with van der Waals surface area (Å²) in [5, 5.41) is 4.29. The van der Waals surface area contributed by atoms with Crippen molar-refractivity contribution in [3.63, 3.8) is 0 Å². The van der Waals surface area contributed by atoms with E-state index >= 15 is 0 Å².